The molecule has 0 aromatic heterocycles. The van der Waals surface area contributed by atoms with Crippen molar-refractivity contribution < 1.29 is 19.1 Å². The number of nitrogen functional groups attached to an aromatic ring is 1. The second-order valence-corrected chi connectivity index (χ2v) is 4.47. The third-order valence-corrected chi connectivity index (χ3v) is 2.99. The van der Waals surface area contributed by atoms with E-state index in [0.29, 0.717) is 36.7 Å². The van der Waals surface area contributed by atoms with Crippen LogP contribution in [0, 0.1) is 0 Å². The van der Waals surface area contributed by atoms with Crippen molar-refractivity contribution in [1.82, 2.24) is 0 Å². The minimum atomic E-state index is -0.249. The smallest absolute Gasteiger partial charge is 0.305 e. The van der Waals surface area contributed by atoms with Crippen molar-refractivity contribution in [1.29, 1.82) is 0 Å². The van der Waals surface area contributed by atoms with Crippen molar-refractivity contribution in [3.8, 4) is 5.75 Å². The standard InChI is InChI=1S/C14H18N2O4/c1-2-19-14(18)4-3-7-16-11-8-10(15)5-6-12(11)20-9-13(16)17/h5-6,8H,2-4,7,9,15H2,1H3. The molecule has 0 spiro atoms. The molecule has 2 N–H and O–H groups in total. The van der Waals surface area contributed by atoms with Gasteiger partial charge in [-0.3, -0.25) is 9.59 Å². The maximum atomic E-state index is 11.9. The molecule has 1 aromatic carbocycles. The first kappa shape index (κ1) is 14.2. The zero-order valence-corrected chi connectivity index (χ0v) is 11.4. The number of fused-ring (bicyclic) bond motifs is 1. The van der Waals surface area contributed by atoms with Crippen molar-refractivity contribution in [2.75, 3.05) is 30.4 Å². The molecule has 0 unspecified atom stereocenters. The summed E-state index contributed by atoms with van der Waals surface area (Å²) in [6.07, 6.45) is 0.828. The Morgan fingerprint density at radius 3 is 3.05 bits per heavy atom. The number of hydrogen-bond acceptors (Lipinski definition) is 5. The third-order valence-electron chi connectivity index (χ3n) is 2.99. The minimum Gasteiger partial charge on any atom is -0.482 e. The molecule has 1 amide bonds. The Kier molecular flexibility index (Phi) is 4.45. The van der Waals surface area contributed by atoms with E-state index in [1.165, 1.54) is 0 Å². The van der Waals surface area contributed by atoms with Crippen LogP contribution in [0.15, 0.2) is 18.2 Å². The highest BCUT2D eigenvalue weighted by Gasteiger charge is 2.25. The van der Waals surface area contributed by atoms with Crippen LogP contribution in [0.25, 0.3) is 0 Å². The van der Waals surface area contributed by atoms with Gasteiger partial charge in [-0.2, -0.15) is 0 Å². The Morgan fingerprint density at radius 2 is 2.30 bits per heavy atom. The van der Waals surface area contributed by atoms with E-state index in [1.807, 2.05) is 0 Å². The number of ether oxygens (including phenoxy) is 2. The zero-order valence-electron chi connectivity index (χ0n) is 11.4. The summed E-state index contributed by atoms with van der Waals surface area (Å²) >= 11 is 0. The molecule has 1 aliphatic heterocycles. The quantitative estimate of drug-likeness (QED) is 0.649. The molecule has 6 nitrogen and oxygen atoms in total. The molecule has 0 saturated heterocycles. The van der Waals surface area contributed by atoms with E-state index < -0.39 is 0 Å². The van der Waals surface area contributed by atoms with Gasteiger partial charge in [0.2, 0.25) is 0 Å². The first-order valence-corrected chi connectivity index (χ1v) is 6.60. The van der Waals surface area contributed by atoms with Gasteiger partial charge in [0.15, 0.2) is 6.61 Å². The summed E-state index contributed by atoms with van der Waals surface area (Å²) < 4.78 is 10.2. The number of esters is 1. The van der Waals surface area contributed by atoms with E-state index in [2.05, 4.69) is 0 Å². The second kappa shape index (κ2) is 6.27. The van der Waals surface area contributed by atoms with Gasteiger partial charge >= 0.3 is 5.97 Å². The van der Waals surface area contributed by atoms with Gasteiger partial charge in [-0.15, -0.1) is 0 Å². The van der Waals surface area contributed by atoms with Crippen LogP contribution in [-0.2, 0) is 14.3 Å². The average Bonchev–Trinajstić information content (AvgIpc) is 2.41. The Morgan fingerprint density at radius 1 is 1.50 bits per heavy atom. The molecule has 2 rings (SSSR count). The molecule has 1 aliphatic rings. The molecule has 6 heteroatoms. The van der Waals surface area contributed by atoms with Crippen LogP contribution in [0.2, 0.25) is 0 Å². The number of carbonyl (C=O) groups excluding carboxylic acids is 2. The minimum absolute atomic E-state index is 0.0102. The normalized spacial score (nSPS) is 13.7. The van der Waals surface area contributed by atoms with Crippen molar-refractivity contribution in [2.45, 2.75) is 19.8 Å². The van der Waals surface area contributed by atoms with Gasteiger partial charge in [0.05, 0.1) is 12.3 Å². The Bertz CT molecular complexity index is 516. The molecule has 0 radical (unpaired) electrons. The van der Waals surface area contributed by atoms with Crippen LogP contribution in [-0.4, -0.2) is 31.6 Å². The predicted molar refractivity (Wildman–Crippen MR) is 74.6 cm³/mol. The fourth-order valence-corrected chi connectivity index (χ4v) is 2.08. The summed E-state index contributed by atoms with van der Waals surface area (Å²) in [5, 5.41) is 0. The SMILES string of the molecule is CCOC(=O)CCCN1C(=O)COc2ccc(N)cc21. The monoisotopic (exact) mass is 278 g/mol. The number of amides is 1. The van der Waals surface area contributed by atoms with Gasteiger partial charge in [-0.25, -0.2) is 0 Å². The molecule has 1 aromatic rings. The molecule has 0 saturated carbocycles. The van der Waals surface area contributed by atoms with Gasteiger partial charge in [-0.1, -0.05) is 0 Å². The molecular formula is C14H18N2O4. The number of anilines is 2. The Hall–Kier alpha value is -2.24. The summed E-state index contributed by atoms with van der Waals surface area (Å²) in [5.74, 6) is 0.253. The lowest BCUT2D eigenvalue weighted by Gasteiger charge is -2.29. The van der Waals surface area contributed by atoms with Crippen LogP contribution < -0.4 is 15.4 Å². The van der Waals surface area contributed by atoms with E-state index in [-0.39, 0.29) is 24.9 Å². The first-order valence-electron chi connectivity index (χ1n) is 6.60. The highest BCUT2D eigenvalue weighted by Crippen LogP contribution is 2.33. The predicted octanol–water partition coefficient (Wildman–Crippen LogP) is 1.34. The number of hydrogen-bond donors (Lipinski definition) is 1. The van der Waals surface area contributed by atoms with Gasteiger partial charge in [0.1, 0.15) is 5.75 Å². The number of rotatable bonds is 5. The lowest BCUT2D eigenvalue weighted by molar-refractivity contribution is -0.143. The first-order chi connectivity index (χ1) is 9.61. The van der Waals surface area contributed by atoms with Crippen molar-refractivity contribution in [3.63, 3.8) is 0 Å². The van der Waals surface area contributed by atoms with Gasteiger partial charge in [0.25, 0.3) is 5.91 Å². The van der Waals surface area contributed by atoms with Crippen molar-refractivity contribution >= 4 is 23.3 Å². The van der Waals surface area contributed by atoms with Crippen molar-refractivity contribution in [3.05, 3.63) is 18.2 Å². The summed E-state index contributed by atoms with van der Waals surface area (Å²) in [5.41, 5.74) is 6.96. The molecule has 1 heterocycles. The number of carbonyl (C=O) groups is 2. The highest BCUT2D eigenvalue weighted by atomic mass is 16.5. The fraction of sp³-hybridized carbons (Fsp3) is 0.429. The Balaban J connectivity index is 2.02. The number of benzene rings is 1. The number of nitrogens with zero attached hydrogens (tertiary/aromatic N) is 1. The van der Waals surface area contributed by atoms with Crippen LogP contribution in [0.4, 0.5) is 11.4 Å². The van der Waals surface area contributed by atoms with Crippen LogP contribution in [0.3, 0.4) is 0 Å². The average molecular weight is 278 g/mol. The van der Waals surface area contributed by atoms with E-state index in [9.17, 15) is 9.59 Å². The maximum absolute atomic E-state index is 11.9. The van der Waals surface area contributed by atoms with E-state index in [1.54, 1.807) is 30.0 Å². The van der Waals surface area contributed by atoms with Crippen molar-refractivity contribution in [2.24, 2.45) is 0 Å². The second-order valence-electron chi connectivity index (χ2n) is 4.47. The molecule has 108 valence electrons. The molecule has 0 fully saturated rings. The lowest BCUT2D eigenvalue weighted by Crippen LogP contribution is -2.39. The maximum Gasteiger partial charge on any atom is 0.305 e. The topological polar surface area (TPSA) is 81.9 Å². The van der Waals surface area contributed by atoms with Crippen LogP contribution in [0.1, 0.15) is 19.8 Å². The molecule has 0 bridgehead atoms. The highest BCUT2D eigenvalue weighted by molar-refractivity contribution is 5.98. The van der Waals surface area contributed by atoms with E-state index >= 15 is 0 Å². The summed E-state index contributed by atoms with van der Waals surface area (Å²) in [7, 11) is 0. The van der Waals surface area contributed by atoms with Gasteiger partial charge < -0.3 is 20.1 Å². The van der Waals surface area contributed by atoms with Gasteiger partial charge in [0, 0.05) is 18.7 Å². The molecular weight excluding hydrogens is 260 g/mol. The summed E-state index contributed by atoms with van der Waals surface area (Å²) in [6, 6.07) is 5.18. The van der Waals surface area contributed by atoms with Gasteiger partial charge in [-0.05, 0) is 31.5 Å². The largest absolute Gasteiger partial charge is 0.482 e. The lowest BCUT2D eigenvalue weighted by atomic mass is 10.2. The summed E-state index contributed by atoms with van der Waals surface area (Å²) in [6.45, 7) is 2.59. The zero-order chi connectivity index (χ0) is 14.5. The number of nitrogens with two attached hydrogens (primary N) is 1. The van der Waals surface area contributed by atoms with E-state index in [0.717, 1.165) is 0 Å². The fourth-order valence-electron chi connectivity index (χ4n) is 2.08. The Labute approximate surface area is 117 Å². The van der Waals surface area contributed by atoms with Crippen LogP contribution in [0.5, 0.6) is 5.75 Å². The third kappa shape index (κ3) is 3.20. The summed E-state index contributed by atoms with van der Waals surface area (Å²) in [4.78, 5) is 24.8. The molecule has 0 aliphatic carbocycles. The molecule has 0 atom stereocenters. The molecule has 20 heavy (non-hydrogen) atoms. The van der Waals surface area contributed by atoms with Crippen LogP contribution >= 0.6 is 0 Å². The van der Waals surface area contributed by atoms with E-state index in [4.69, 9.17) is 15.2 Å².